The summed E-state index contributed by atoms with van der Waals surface area (Å²) in [5.41, 5.74) is 3.63. The summed E-state index contributed by atoms with van der Waals surface area (Å²) in [6.45, 7) is 3.63. The second-order valence-electron chi connectivity index (χ2n) is 6.40. The van der Waals surface area contributed by atoms with Crippen LogP contribution in [0.5, 0.6) is 0 Å². The van der Waals surface area contributed by atoms with Crippen LogP contribution in [0.3, 0.4) is 0 Å². The number of aliphatic hydroxyl groups is 1. The first-order valence-corrected chi connectivity index (χ1v) is 7.92. The number of aryl methyl sites for hydroxylation is 1. The first kappa shape index (κ1) is 14.5. The van der Waals surface area contributed by atoms with E-state index in [4.69, 9.17) is 0 Å². The maximum Gasteiger partial charge on any atom is 0.229 e. The summed E-state index contributed by atoms with van der Waals surface area (Å²) in [5, 5.41) is 16.1. The minimum Gasteiger partial charge on any atom is -0.393 e. The van der Waals surface area contributed by atoms with Crippen molar-refractivity contribution >= 4 is 5.91 Å². The molecule has 1 heterocycles. The highest BCUT2D eigenvalue weighted by Gasteiger charge is 2.29. The number of hydrogen-bond donors (Lipinski definition) is 3. The Bertz CT molecular complexity index is 522. The third-order valence-corrected chi connectivity index (χ3v) is 4.70. The second-order valence-corrected chi connectivity index (χ2v) is 6.40. The molecule has 3 rings (SSSR count). The Morgan fingerprint density at radius 3 is 2.81 bits per heavy atom. The maximum atomic E-state index is 12.6. The SMILES string of the molecule is Cc1ccc2c(c1)CNCC2C(=O)NC1CCC(O)CC1. The van der Waals surface area contributed by atoms with E-state index in [0.717, 1.165) is 37.8 Å². The molecule has 1 saturated carbocycles. The predicted molar refractivity (Wildman–Crippen MR) is 82.0 cm³/mol. The monoisotopic (exact) mass is 288 g/mol. The van der Waals surface area contributed by atoms with E-state index < -0.39 is 0 Å². The zero-order valence-electron chi connectivity index (χ0n) is 12.6. The molecule has 2 aliphatic rings. The van der Waals surface area contributed by atoms with E-state index in [2.05, 4.69) is 35.8 Å². The largest absolute Gasteiger partial charge is 0.393 e. The summed E-state index contributed by atoms with van der Waals surface area (Å²) in [6.07, 6.45) is 3.17. The van der Waals surface area contributed by atoms with E-state index in [-0.39, 0.29) is 24.0 Å². The fraction of sp³-hybridized carbons (Fsp3) is 0.588. The molecule has 0 spiro atoms. The van der Waals surface area contributed by atoms with Gasteiger partial charge in [-0.15, -0.1) is 0 Å². The van der Waals surface area contributed by atoms with Crippen molar-refractivity contribution in [2.75, 3.05) is 6.54 Å². The Labute approximate surface area is 125 Å². The molecule has 1 atom stereocenters. The van der Waals surface area contributed by atoms with Crippen LogP contribution in [0.4, 0.5) is 0 Å². The van der Waals surface area contributed by atoms with Crippen LogP contribution in [0.15, 0.2) is 18.2 Å². The van der Waals surface area contributed by atoms with Crippen molar-refractivity contribution in [2.45, 2.75) is 57.2 Å². The van der Waals surface area contributed by atoms with Crippen LogP contribution in [-0.4, -0.2) is 29.7 Å². The van der Waals surface area contributed by atoms with E-state index in [1.165, 1.54) is 11.1 Å². The predicted octanol–water partition coefficient (Wildman–Crippen LogP) is 1.60. The number of carbonyl (C=O) groups excluding carboxylic acids is 1. The van der Waals surface area contributed by atoms with Crippen LogP contribution in [0.2, 0.25) is 0 Å². The Morgan fingerprint density at radius 2 is 2.05 bits per heavy atom. The van der Waals surface area contributed by atoms with Crippen LogP contribution >= 0.6 is 0 Å². The standard InChI is InChI=1S/C17H24N2O2/c1-11-2-7-15-12(8-11)9-18-10-16(15)17(21)19-13-3-5-14(20)6-4-13/h2,7-8,13-14,16,18,20H,3-6,9-10H2,1H3,(H,19,21). The third-order valence-electron chi connectivity index (χ3n) is 4.70. The van der Waals surface area contributed by atoms with Crippen molar-refractivity contribution in [1.82, 2.24) is 10.6 Å². The van der Waals surface area contributed by atoms with Crippen molar-refractivity contribution in [3.63, 3.8) is 0 Å². The van der Waals surface area contributed by atoms with Crippen LogP contribution in [0.1, 0.15) is 48.3 Å². The molecule has 114 valence electrons. The number of benzene rings is 1. The molecule has 0 radical (unpaired) electrons. The van der Waals surface area contributed by atoms with Gasteiger partial charge in [0, 0.05) is 19.1 Å². The molecule has 1 aromatic rings. The van der Waals surface area contributed by atoms with Gasteiger partial charge in [0.05, 0.1) is 12.0 Å². The molecule has 1 aromatic carbocycles. The lowest BCUT2D eigenvalue weighted by molar-refractivity contribution is -0.123. The summed E-state index contributed by atoms with van der Waals surface area (Å²) in [4.78, 5) is 12.6. The lowest BCUT2D eigenvalue weighted by atomic mass is 9.88. The maximum absolute atomic E-state index is 12.6. The minimum absolute atomic E-state index is 0.0961. The van der Waals surface area contributed by atoms with Crippen molar-refractivity contribution in [3.8, 4) is 0 Å². The molecule has 1 fully saturated rings. The molecule has 4 heteroatoms. The average Bonchev–Trinajstić information content (AvgIpc) is 2.48. The van der Waals surface area contributed by atoms with Gasteiger partial charge in [-0.2, -0.15) is 0 Å². The van der Waals surface area contributed by atoms with Gasteiger partial charge < -0.3 is 15.7 Å². The molecule has 1 amide bonds. The highest BCUT2D eigenvalue weighted by molar-refractivity contribution is 5.85. The number of fused-ring (bicyclic) bond motifs is 1. The van der Waals surface area contributed by atoms with Gasteiger partial charge >= 0.3 is 0 Å². The van der Waals surface area contributed by atoms with Gasteiger partial charge in [-0.05, 0) is 43.7 Å². The first-order valence-electron chi connectivity index (χ1n) is 7.92. The number of nitrogens with one attached hydrogen (secondary N) is 2. The molecule has 1 unspecified atom stereocenters. The van der Waals surface area contributed by atoms with Gasteiger partial charge in [0.2, 0.25) is 5.91 Å². The van der Waals surface area contributed by atoms with Crippen molar-refractivity contribution in [1.29, 1.82) is 0 Å². The molecule has 0 aromatic heterocycles. The Morgan fingerprint density at radius 1 is 1.29 bits per heavy atom. The summed E-state index contributed by atoms with van der Waals surface area (Å²) in [5.74, 6) is 0.0230. The van der Waals surface area contributed by atoms with Gasteiger partial charge in [0.15, 0.2) is 0 Å². The average molecular weight is 288 g/mol. The zero-order chi connectivity index (χ0) is 14.8. The first-order chi connectivity index (χ1) is 10.1. The van der Waals surface area contributed by atoms with Gasteiger partial charge in [0.1, 0.15) is 0 Å². The Hall–Kier alpha value is -1.39. The summed E-state index contributed by atoms with van der Waals surface area (Å²) < 4.78 is 0. The lowest BCUT2D eigenvalue weighted by Gasteiger charge is -2.30. The van der Waals surface area contributed by atoms with Crippen LogP contribution in [-0.2, 0) is 11.3 Å². The van der Waals surface area contributed by atoms with E-state index in [1.54, 1.807) is 0 Å². The van der Waals surface area contributed by atoms with Crippen molar-refractivity contribution in [3.05, 3.63) is 34.9 Å². The van der Waals surface area contributed by atoms with E-state index in [1.807, 2.05) is 0 Å². The molecule has 0 saturated heterocycles. The minimum atomic E-state index is -0.182. The van der Waals surface area contributed by atoms with Crippen molar-refractivity contribution < 1.29 is 9.90 Å². The zero-order valence-corrected chi connectivity index (χ0v) is 12.6. The van der Waals surface area contributed by atoms with Crippen LogP contribution in [0, 0.1) is 6.92 Å². The van der Waals surface area contributed by atoms with Gasteiger partial charge in [-0.1, -0.05) is 23.8 Å². The number of aliphatic hydroxyl groups excluding tert-OH is 1. The Kier molecular flexibility index (Phi) is 4.27. The number of carbonyl (C=O) groups is 1. The topological polar surface area (TPSA) is 61.4 Å². The fourth-order valence-electron chi connectivity index (χ4n) is 3.44. The molecular weight excluding hydrogens is 264 g/mol. The fourth-order valence-corrected chi connectivity index (χ4v) is 3.44. The summed E-state index contributed by atoms with van der Waals surface area (Å²) in [7, 11) is 0. The van der Waals surface area contributed by atoms with Gasteiger partial charge in [0.25, 0.3) is 0 Å². The quantitative estimate of drug-likeness (QED) is 0.774. The lowest BCUT2D eigenvalue weighted by Crippen LogP contribution is -2.44. The highest BCUT2D eigenvalue weighted by atomic mass is 16.3. The molecule has 1 aliphatic heterocycles. The van der Waals surface area contributed by atoms with E-state index in [0.29, 0.717) is 6.54 Å². The molecule has 1 aliphatic carbocycles. The second kappa shape index (κ2) is 6.16. The Balaban J connectivity index is 1.69. The highest BCUT2D eigenvalue weighted by Crippen LogP contribution is 2.26. The van der Waals surface area contributed by atoms with E-state index in [9.17, 15) is 9.90 Å². The molecule has 21 heavy (non-hydrogen) atoms. The van der Waals surface area contributed by atoms with Gasteiger partial charge in [-0.25, -0.2) is 0 Å². The van der Waals surface area contributed by atoms with Gasteiger partial charge in [-0.3, -0.25) is 4.79 Å². The number of amides is 1. The molecule has 0 bridgehead atoms. The molecule has 4 nitrogen and oxygen atoms in total. The summed E-state index contributed by atoms with van der Waals surface area (Å²) >= 11 is 0. The van der Waals surface area contributed by atoms with Crippen LogP contribution < -0.4 is 10.6 Å². The number of hydrogen-bond acceptors (Lipinski definition) is 3. The normalized spacial score (nSPS) is 28.8. The third kappa shape index (κ3) is 3.27. The number of rotatable bonds is 2. The van der Waals surface area contributed by atoms with E-state index >= 15 is 0 Å². The van der Waals surface area contributed by atoms with Crippen molar-refractivity contribution in [2.24, 2.45) is 0 Å². The molecular formula is C17H24N2O2. The molecule has 3 N–H and O–H groups in total. The summed E-state index contributed by atoms with van der Waals surface area (Å²) in [6, 6.07) is 6.57. The smallest absolute Gasteiger partial charge is 0.229 e. The van der Waals surface area contributed by atoms with Crippen LogP contribution in [0.25, 0.3) is 0 Å².